The topological polar surface area (TPSA) is 0 Å². The van der Waals surface area contributed by atoms with Crippen LogP contribution in [0.15, 0.2) is 0 Å². The summed E-state index contributed by atoms with van der Waals surface area (Å²) in [5, 5.41) is 0. The Hall–Kier alpha value is -0.440. The molecule has 0 rings (SSSR count). The van der Waals surface area contributed by atoms with Gasteiger partial charge < -0.3 is 0 Å². The molecule has 0 amide bonds. The summed E-state index contributed by atoms with van der Waals surface area (Å²) in [4.78, 5) is 0. The monoisotopic (exact) mass is 348 g/mol. The zero-order valence-electron chi connectivity index (χ0n) is 18.2. The van der Waals surface area contributed by atoms with Crippen LogP contribution in [-0.2, 0) is 0 Å². The van der Waals surface area contributed by atoms with Crippen molar-refractivity contribution in [2.45, 2.75) is 143 Å². The van der Waals surface area contributed by atoms with Gasteiger partial charge in [-0.1, -0.05) is 105 Å². The van der Waals surface area contributed by atoms with Crippen LogP contribution in [0.25, 0.3) is 0 Å². The van der Waals surface area contributed by atoms with Gasteiger partial charge in [0.15, 0.2) is 0 Å². The van der Waals surface area contributed by atoms with E-state index in [9.17, 15) is 0 Å². The van der Waals surface area contributed by atoms with E-state index in [1.807, 2.05) is 0 Å². The van der Waals surface area contributed by atoms with E-state index in [0.717, 1.165) is 12.8 Å². The maximum Gasteiger partial charge on any atom is 0.00888 e. The molecule has 0 aliphatic carbocycles. The van der Waals surface area contributed by atoms with Crippen molar-refractivity contribution < 1.29 is 0 Å². The standard InChI is InChI=1S/C25H48/c1-5-7-9-11-13-14-15-16-18-20-22-24-25(3,4)23-21-19-17-12-10-8-6-2/h5-15,17,19-24H2,1-4H3. The van der Waals surface area contributed by atoms with Gasteiger partial charge in [0.05, 0.1) is 0 Å². The Bertz CT molecular complexity index is 315. The third-order valence-electron chi connectivity index (χ3n) is 5.39. The molecule has 0 atom stereocenters. The molecule has 0 aromatic rings. The molecule has 0 saturated carbocycles. The first-order chi connectivity index (χ1) is 12.1. The molecule has 0 fully saturated rings. The molecule has 0 heterocycles. The molecule has 0 aromatic carbocycles. The van der Waals surface area contributed by atoms with Crippen LogP contribution in [0.4, 0.5) is 0 Å². The minimum Gasteiger partial charge on any atom is -0.103 e. The highest BCUT2D eigenvalue weighted by atomic mass is 14.2. The Morgan fingerprint density at radius 2 is 0.880 bits per heavy atom. The van der Waals surface area contributed by atoms with Crippen molar-refractivity contribution in [3.63, 3.8) is 0 Å². The van der Waals surface area contributed by atoms with Gasteiger partial charge in [-0.25, -0.2) is 0 Å². The fourth-order valence-corrected chi connectivity index (χ4v) is 3.51. The van der Waals surface area contributed by atoms with Gasteiger partial charge in [0.1, 0.15) is 0 Å². The zero-order chi connectivity index (χ0) is 18.6. The number of hydrogen-bond donors (Lipinski definition) is 0. The highest BCUT2D eigenvalue weighted by molar-refractivity contribution is 4.98. The fraction of sp³-hybridized carbons (Fsp3) is 0.920. The van der Waals surface area contributed by atoms with Crippen LogP contribution in [0.3, 0.4) is 0 Å². The lowest BCUT2D eigenvalue weighted by Crippen LogP contribution is -2.10. The molecule has 0 N–H and O–H groups in total. The quantitative estimate of drug-likeness (QED) is 0.181. The first kappa shape index (κ1) is 24.6. The second kappa shape index (κ2) is 18.4. The fourth-order valence-electron chi connectivity index (χ4n) is 3.51. The van der Waals surface area contributed by atoms with Gasteiger partial charge in [0.25, 0.3) is 0 Å². The smallest absolute Gasteiger partial charge is 0.00888 e. The van der Waals surface area contributed by atoms with Gasteiger partial charge in [0.2, 0.25) is 0 Å². The molecular formula is C25H48. The Morgan fingerprint density at radius 3 is 1.44 bits per heavy atom. The summed E-state index contributed by atoms with van der Waals surface area (Å²) in [6, 6.07) is 0. The van der Waals surface area contributed by atoms with Gasteiger partial charge in [-0.2, -0.15) is 0 Å². The van der Waals surface area contributed by atoms with Crippen LogP contribution >= 0.6 is 0 Å². The average molecular weight is 349 g/mol. The Balaban J connectivity index is 3.45. The highest BCUT2D eigenvalue weighted by Gasteiger charge is 2.16. The van der Waals surface area contributed by atoms with E-state index in [1.54, 1.807) is 0 Å². The normalized spacial score (nSPS) is 11.4. The summed E-state index contributed by atoms with van der Waals surface area (Å²) in [6.45, 7) is 9.48. The summed E-state index contributed by atoms with van der Waals surface area (Å²) >= 11 is 0. The van der Waals surface area contributed by atoms with Crippen LogP contribution < -0.4 is 0 Å². The average Bonchev–Trinajstić information content (AvgIpc) is 2.59. The lowest BCUT2D eigenvalue weighted by Gasteiger charge is -2.24. The summed E-state index contributed by atoms with van der Waals surface area (Å²) in [5.74, 6) is 6.80. The summed E-state index contributed by atoms with van der Waals surface area (Å²) < 4.78 is 0. The van der Waals surface area contributed by atoms with Crippen molar-refractivity contribution in [3.05, 3.63) is 0 Å². The van der Waals surface area contributed by atoms with E-state index in [4.69, 9.17) is 0 Å². The summed E-state index contributed by atoms with van der Waals surface area (Å²) in [5.41, 5.74) is 0.518. The molecule has 0 saturated heterocycles. The molecule has 0 aliphatic heterocycles. The molecule has 0 heteroatoms. The van der Waals surface area contributed by atoms with Crippen molar-refractivity contribution in [1.29, 1.82) is 0 Å². The van der Waals surface area contributed by atoms with Crippen LogP contribution in [-0.4, -0.2) is 0 Å². The third kappa shape index (κ3) is 19.7. The first-order valence-corrected chi connectivity index (χ1v) is 11.6. The van der Waals surface area contributed by atoms with Gasteiger partial charge in [-0.05, 0) is 31.1 Å². The van der Waals surface area contributed by atoms with Gasteiger partial charge >= 0.3 is 0 Å². The van der Waals surface area contributed by atoms with Crippen LogP contribution in [0.5, 0.6) is 0 Å². The van der Waals surface area contributed by atoms with Gasteiger partial charge in [-0.15, -0.1) is 11.8 Å². The van der Waals surface area contributed by atoms with Gasteiger partial charge in [0, 0.05) is 12.8 Å². The molecule has 0 aromatic heterocycles. The number of unbranched alkanes of at least 4 members (excludes halogenated alkanes) is 13. The predicted octanol–water partition coefficient (Wildman–Crippen LogP) is 9.08. The van der Waals surface area contributed by atoms with Crippen molar-refractivity contribution >= 4 is 0 Å². The first-order valence-electron chi connectivity index (χ1n) is 11.6. The molecule has 0 radical (unpaired) electrons. The highest BCUT2D eigenvalue weighted by Crippen LogP contribution is 2.30. The second-order valence-corrected chi connectivity index (χ2v) is 8.76. The lowest BCUT2D eigenvalue weighted by molar-refractivity contribution is 0.288. The Labute approximate surface area is 160 Å². The number of hydrogen-bond acceptors (Lipinski definition) is 0. The molecule has 0 nitrogen and oxygen atoms in total. The molecule has 148 valence electrons. The summed E-state index contributed by atoms with van der Waals surface area (Å²) in [7, 11) is 0. The minimum atomic E-state index is 0.518. The predicted molar refractivity (Wildman–Crippen MR) is 116 cm³/mol. The minimum absolute atomic E-state index is 0.518. The van der Waals surface area contributed by atoms with Crippen LogP contribution in [0.1, 0.15) is 143 Å². The van der Waals surface area contributed by atoms with Gasteiger partial charge in [-0.3, -0.25) is 0 Å². The van der Waals surface area contributed by atoms with Crippen molar-refractivity contribution in [3.8, 4) is 11.8 Å². The SMILES string of the molecule is CCCCCCCCC#CCCCC(C)(C)CCCCCCCCC. The number of rotatable bonds is 17. The summed E-state index contributed by atoms with van der Waals surface area (Å²) in [6.07, 6.45) is 24.5. The largest absolute Gasteiger partial charge is 0.103 e. The van der Waals surface area contributed by atoms with E-state index >= 15 is 0 Å². The van der Waals surface area contributed by atoms with E-state index in [1.165, 1.54) is 103 Å². The van der Waals surface area contributed by atoms with E-state index in [-0.39, 0.29) is 0 Å². The molecular weight excluding hydrogens is 300 g/mol. The Morgan fingerprint density at radius 1 is 0.480 bits per heavy atom. The lowest BCUT2D eigenvalue weighted by atomic mass is 9.82. The molecule has 0 unspecified atom stereocenters. The van der Waals surface area contributed by atoms with Crippen LogP contribution in [0.2, 0.25) is 0 Å². The Kier molecular flexibility index (Phi) is 18.0. The molecule has 0 bridgehead atoms. The third-order valence-corrected chi connectivity index (χ3v) is 5.39. The van der Waals surface area contributed by atoms with E-state index in [0.29, 0.717) is 5.41 Å². The van der Waals surface area contributed by atoms with Crippen molar-refractivity contribution in [2.24, 2.45) is 5.41 Å². The molecule has 0 aliphatic rings. The van der Waals surface area contributed by atoms with E-state index in [2.05, 4.69) is 39.5 Å². The second-order valence-electron chi connectivity index (χ2n) is 8.76. The molecule has 25 heavy (non-hydrogen) atoms. The van der Waals surface area contributed by atoms with Crippen LogP contribution in [0, 0.1) is 17.3 Å². The van der Waals surface area contributed by atoms with E-state index < -0.39 is 0 Å². The van der Waals surface area contributed by atoms with Crippen molar-refractivity contribution in [2.75, 3.05) is 0 Å². The molecule has 0 spiro atoms. The zero-order valence-corrected chi connectivity index (χ0v) is 18.2. The maximum atomic E-state index is 3.41. The van der Waals surface area contributed by atoms with Crippen molar-refractivity contribution in [1.82, 2.24) is 0 Å². The maximum absolute atomic E-state index is 3.41.